The summed E-state index contributed by atoms with van der Waals surface area (Å²) in [6.45, 7) is 0.131. The number of alkyl halides is 1. The molecule has 17 heteroatoms. The molecule has 3 rings (SSSR count). The SMILES string of the molecule is CC(C(=O)O)N(Oc1ccccc1)[P+](=O)OC[C@@]1(N=[N+]=N)O[C@@H](n2ccc(=O)[nH]c2=O)[C@H](O)[C@@H]1F. The van der Waals surface area contributed by atoms with Gasteiger partial charge in [-0.3, -0.25) is 19.1 Å². The van der Waals surface area contributed by atoms with E-state index in [1.54, 1.807) is 18.2 Å². The highest BCUT2D eigenvalue weighted by molar-refractivity contribution is 7.36. The Labute approximate surface area is 195 Å². The van der Waals surface area contributed by atoms with Gasteiger partial charge in [0.05, 0.1) is 0 Å². The normalized spacial score (nSPS) is 25.0. The van der Waals surface area contributed by atoms with Crippen LogP contribution in [0.2, 0.25) is 0 Å². The number of para-hydroxylation sites is 1. The summed E-state index contributed by atoms with van der Waals surface area (Å²) in [7, 11) is -3.14. The number of halogens is 1. The number of nitrogens with one attached hydrogen (secondary N) is 2. The number of aliphatic carboxylic acids is 1. The molecule has 0 radical (unpaired) electrons. The molecule has 6 atom stereocenters. The van der Waals surface area contributed by atoms with Crippen molar-refractivity contribution < 1.29 is 38.1 Å². The van der Waals surface area contributed by atoms with Gasteiger partial charge in [0.15, 0.2) is 35.9 Å². The van der Waals surface area contributed by atoms with Crippen LogP contribution in [0.5, 0.6) is 5.75 Å². The zero-order valence-corrected chi connectivity index (χ0v) is 18.8. The number of benzene rings is 1. The summed E-state index contributed by atoms with van der Waals surface area (Å²) in [5, 5.41) is 23.0. The molecule has 1 saturated heterocycles. The topological polar surface area (TPSA) is 211 Å². The molecule has 1 aromatic heterocycles. The minimum Gasteiger partial charge on any atom is -0.480 e. The lowest BCUT2D eigenvalue weighted by Crippen LogP contribution is -2.43. The van der Waals surface area contributed by atoms with E-state index in [4.69, 9.17) is 19.6 Å². The van der Waals surface area contributed by atoms with Crippen molar-refractivity contribution >= 4 is 14.1 Å². The number of carbonyl (C=O) groups is 1. The van der Waals surface area contributed by atoms with Crippen LogP contribution in [0.3, 0.4) is 0 Å². The van der Waals surface area contributed by atoms with E-state index in [9.17, 15) is 29.2 Å². The summed E-state index contributed by atoms with van der Waals surface area (Å²) < 4.78 is 39.2. The lowest BCUT2D eigenvalue weighted by Gasteiger charge is -2.19. The third kappa shape index (κ3) is 5.54. The third-order valence-corrected chi connectivity index (χ3v) is 5.97. The summed E-state index contributed by atoms with van der Waals surface area (Å²) in [5.74, 6) is -1.29. The second-order valence-corrected chi connectivity index (χ2v) is 8.32. The van der Waals surface area contributed by atoms with E-state index in [0.29, 0.717) is 9.40 Å². The Hall–Kier alpha value is -3.65. The van der Waals surface area contributed by atoms with E-state index in [2.05, 4.69) is 10.0 Å². The molecule has 2 unspecified atom stereocenters. The van der Waals surface area contributed by atoms with Crippen molar-refractivity contribution in [3.63, 3.8) is 0 Å². The first-order chi connectivity index (χ1) is 16.6. The number of H-pyrrole nitrogens is 1. The molecule has 1 aliphatic heterocycles. The first-order valence-corrected chi connectivity index (χ1v) is 11.0. The summed E-state index contributed by atoms with van der Waals surface area (Å²) in [5.41, 5.74) is 2.68. The minimum atomic E-state index is -3.14. The highest BCUT2D eigenvalue weighted by Crippen LogP contribution is 2.42. The highest BCUT2D eigenvalue weighted by atomic mass is 31.1. The molecule has 1 aromatic carbocycles. The van der Waals surface area contributed by atoms with Crippen molar-refractivity contribution in [2.45, 2.75) is 37.2 Å². The maximum Gasteiger partial charge on any atom is 0.653 e. The standard InChI is InChI=1S/C18H18FN6O9P/c1-10(16(28)29)25(34-11-5-3-2-4-6-11)35(31)32-9-18(22-23-20)14(19)13(27)15(33-18)24-8-7-12(26)21-17(24)30/h2-8,10,13-15,20,27H,9H2,1H3/p+2/t10?,13-,14+,15-,18-/m1/s1. The van der Waals surface area contributed by atoms with E-state index in [1.807, 2.05) is 4.98 Å². The predicted octanol–water partition coefficient (Wildman–Crippen LogP) is 0.454. The van der Waals surface area contributed by atoms with Crippen molar-refractivity contribution in [2.75, 3.05) is 6.61 Å². The number of aliphatic hydroxyl groups excluding tert-OH is 1. The zero-order chi connectivity index (χ0) is 25.8. The Bertz CT molecular complexity index is 1250. The molecule has 35 heavy (non-hydrogen) atoms. The molecule has 2 heterocycles. The van der Waals surface area contributed by atoms with Crippen molar-refractivity contribution in [1.29, 1.82) is 5.53 Å². The summed E-state index contributed by atoms with van der Waals surface area (Å²) in [6.07, 6.45) is -5.26. The van der Waals surface area contributed by atoms with Crippen LogP contribution >= 0.6 is 8.18 Å². The van der Waals surface area contributed by atoms with Crippen LogP contribution in [0.1, 0.15) is 13.2 Å². The molecule has 4 N–H and O–H groups in total. The fourth-order valence-electron chi connectivity index (χ4n) is 3.05. The lowest BCUT2D eigenvalue weighted by molar-refractivity contribution is -0.149. The van der Waals surface area contributed by atoms with Gasteiger partial charge in [-0.15, -0.1) is 4.52 Å². The van der Waals surface area contributed by atoms with Crippen molar-refractivity contribution in [1.82, 2.24) is 19.3 Å². The second kappa shape index (κ2) is 10.7. The summed E-state index contributed by atoms with van der Waals surface area (Å²) >= 11 is 0. The monoisotopic (exact) mass is 514 g/mol. The molecule has 0 spiro atoms. The number of hydrogen-bond donors (Lipinski definition) is 4. The van der Waals surface area contributed by atoms with E-state index >= 15 is 4.39 Å². The number of aromatic nitrogens is 2. The Morgan fingerprint density at radius 2 is 2.11 bits per heavy atom. The number of aromatic amines is 1. The quantitative estimate of drug-likeness (QED) is 0.149. The maximum absolute atomic E-state index is 15.1. The predicted molar refractivity (Wildman–Crippen MR) is 112 cm³/mol. The van der Waals surface area contributed by atoms with Gasteiger partial charge in [-0.05, 0) is 23.6 Å². The summed E-state index contributed by atoms with van der Waals surface area (Å²) in [4.78, 5) is 45.4. The Morgan fingerprint density at radius 3 is 2.71 bits per heavy atom. The smallest absolute Gasteiger partial charge is 0.480 e. The number of hydroxylamine groups is 1. The van der Waals surface area contributed by atoms with Crippen LogP contribution in [0.25, 0.3) is 0 Å². The van der Waals surface area contributed by atoms with Gasteiger partial charge in [-0.1, -0.05) is 18.2 Å². The molecule has 0 bridgehead atoms. The molecule has 0 amide bonds. The number of hydrogen-bond acceptors (Lipinski definition) is 10. The molecule has 0 aliphatic carbocycles. The Morgan fingerprint density at radius 1 is 1.43 bits per heavy atom. The molecular weight excluding hydrogens is 494 g/mol. The van der Waals surface area contributed by atoms with E-state index in [0.717, 1.165) is 19.2 Å². The van der Waals surface area contributed by atoms with E-state index in [1.165, 1.54) is 12.1 Å². The number of carboxylic acid groups (broad SMARTS) is 1. The van der Waals surface area contributed by atoms with Crippen molar-refractivity contribution in [2.24, 2.45) is 5.11 Å². The number of rotatable bonds is 10. The maximum atomic E-state index is 15.1. The molecule has 15 nitrogen and oxygen atoms in total. The Balaban J connectivity index is 1.85. The van der Waals surface area contributed by atoms with Crippen LogP contribution in [-0.2, 0) is 18.6 Å². The van der Waals surface area contributed by atoms with Crippen LogP contribution in [0.4, 0.5) is 4.39 Å². The lowest BCUT2D eigenvalue weighted by atomic mass is 10.1. The van der Waals surface area contributed by atoms with Gasteiger partial charge in [-0.25, -0.2) is 9.18 Å². The first-order valence-electron chi connectivity index (χ1n) is 9.85. The van der Waals surface area contributed by atoms with Crippen molar-refractivity contribution in [3.8, 4) is 5.75 Å². The number of carboxylic acids is 1. The average molecular weight is 514 g/mol. The van der Waals surface area contributed by atoms with Crippen LogP contribution in [0, 0.1) is 5.53 Å². The molecule has 1 aliphatic rings. The summed E-state index contributed by atoms with van der Waals surface area (Å²) in [6, 6.07) is 7.18. The average Bonchev–Trinajstić information content (AvgIpc) is 3.07. The van der Waals surface area contributed by atoms with E-state index < -0.39 is 62.3 Å². The number of aliphatic hydroxyl groups is 1. The van der Waals surface area contributed by atoms with Crippen LogP contribution in [0.15, 0.2) is 57.3 Å². The van der Waals surface area contributed by atoms with Gasteiger partial charge in [0.1, 0.15) is 16.5 Å². The van der Waals surface area contributed by atoms with Crippen LogP contribution < -0.4 is 21.0 Å². The highest BCUT2D eigenvalue weighted by Gasteiger charge is 2.63. The van der Waals surface area contributed by atoms with Gasteiger partial charge in [0, 0.05) is 12.3 Å². The number of ether oxygens (including phenoxy) is 1. The molecule has 0 saturated carbocycles. The fraction of sp³-hybridized carbons (Fsp3) is 0.389. The van der Waals surface area contributed by atoms with Gasteiger partial charge in [-0.2, -0.15) is 0 Å². The van der Waals surface area contributed by atoms with Gasteiger partial charge in [0.2, 0.25) is 4.91 Å². The number of nitrogens with zero attached hydrogens (tertiary/aromatic N) is 4. The molecule has 186 valence electrons. The minimum absolute atomic E-state index is 0.126. The van der Waals surface area contributed by atoms with Crippen LogP contribution in [-0.4, -0.2) is 61.2 Å². The van der Waals surface area contributed by atoms with Gasteiger partial charge >= 0.3 is 25.6 Å². The second-order valence-electron chi connectivity index (χ2n) is 7.20. The Kier molecular flexibility index (Phi) is 7.96. The molecule has 1 fully saturated rings. The molecule has 2 aromatic rings. The van der Waals surface area contributed by atoms with Gasteiger partial charge < -0.3 is 19.8 Å². The van der Waals surface area contributed by atoms with Gasteiger partial charge in [0.25, 0.3) is 5.56 Å². The van der Waals surface area contributed by atoms with E-state index in [-0.39, 0.29) is 5.75 Å². The molecular formula is C18H20FN6O9P+2. The first kappa shape index (κ1) is 26.0. The largest absolute Gasteiger partial charge is 0.653 e. The third-order valence-electron chi connectivity index (χ3n) is 4.87. The van der Waals surface area contributed by atoms with Crippen molar-refractivity contribution in [3.05, 3.63) is 63.4 Å². The fourth-order valence-corrected chi connectivity index (χ4v) is 4.00. The zero-order valence-electron chi connectivity index (χ0n) is 17.9.